The van der Waals surface area contributed by atoms with E-state index in [-0.39, 0.29) is 21.3 Å². The van der Waals surface area contributed by atoms with Gasteiger partial charge in [0.2, 0.25) is 0 Å². The van der Waals surface area contributed by atoms with Crippen LogP contribution in [0.3, 0.4) is 0 Å². The van der Waals surface area contributed by atoms with E-state index in [0.717, 1.165) is 49.7 Å². The summed E-state index contributed by atoms with van der Waals surface area (Å²) < 4.78 is 27.8. The molecule has 33 heavy (non-hydrogen) atoms. The van der Waals surface area contributed by atoms with E-state index >= 15 is 0 Å². The van der Waals surface area contributed by atoms with Crippen molar-refractivity contribution in [1.29, 1.82) is 0 Å². The maximum absolute atomic E-state index is 12.7. The summed E-state index contributed by atoms with van der Waals surface area (Å²) in [6, 6.07) is 13.6. The monoisotopic (exact) mass is 488 g/mol. The Labute approximate surface area is 196 Å². The summed E-state index contributed by atoms with van der Waals surface area (Å²) in [5.41, 5.74) is 1.34. The third kappa shape index (κ3) is 5.21. The van der Waals surface area contributed by atoms with Gasteiger partial charge in [-0.2, -0.15) is 0 Å². The number of aromatic nitrogens is 2. The summed E-state index contributed by atoms with van der Waals surface area (Å²) in [5, 5.41) is 19.5. The van der Waals surface area contributed by atoms with Crippen LogP contribution in [0.25, 0.3) is 11.3 Å². The molecule has 1 saturated heterocycles. The Kier molecular flexibility index (Phi) is 6.45. The second-order valence-electron chi connectivity index (χ2n) is 7.62. The van der Waals surface area contributed by atoms with Crippen LogP contribution in [0.15, 0.2) is 59.5 Å². The van der Waals surface area contributed by atoms with Gasteiger partial charge in [0.25, 0.3) is 15.7 Å². The molecular formula is C21H21ClN6O4S. The highest BCUT2D eigenvalue weighted by atomic mass is 35.5. The van der Waals surface area contributed by atoms with Gasteiger partial charge in [0, 0.05) is 49.6 Å². The van der Waals surface area contributed by atoms with Crippen molar-refractivity contribution in [3.8, 4) is 11.3 Å². The van der Waals surface area contributed by atoms with Crippen LogP contribution in [0.1, 0.15) is 0 Å². The summed E-state index contributed by atoms with van der Waals surface area (Å²) in [6.45, 7) is 3.74. The Morgan fingerprint density at radius 3 is 2.30 bits per heavy atom. The van der Waals surface area contributed by atoms with E-state index in [1.165, 1.54) is 6.07 Å². The van der Waals surface area contributed by atoms with Crippen molar-refractivity contribution in [2.75, 3.05) is 42.8 Å². The lowest BCUT2D eigenvalue weighted by atomic mass is 10.1. The number of anilines is 2. The van der Waals surface area contributed by atoms with E-state index in [1.807, 2.05) is 12.1 Å². The van der Waals surface area contributed by atoms with E-state index in [9.17, 15) is 18.5 Å². The molecular weight excluding hydrogens is 468 g/mol. The molecule has 1 aliphatic rings. The second kappa shape index (κ2) is 9.30. The highest BCUT2D eigenvalue weighted by Crippen LogP contribution is 2.28. The number of nitro groups is 1. The molecule has 0 radical (unpaired) electrons. The third-order valence-corrected chi connectivity index (χ3v) is 7.19. The van der Waals surface area contributed by atoms with Gasteiger partial charge in [-0.25, -0.2) is 8.42 Å². The molecule has 0 aliphatic carbocycles. The summed E-state index contributed by atoms with van der Waals surface area (Å²) in [4.78, 5) is 14.4. The van der Waals surface area contributed by atoms with Gasteiger partial charge < -0.3 is 9.80 Å². The summed E-state index contributed by atoms with van der Waals surface area (Å²) in [5.74, 6) is 0.824. The number of sulfonamides is 1. The number of non-ortho nitro benzene ring substituents is 1. The first kappa shape index (κ1) is 22.9. The largest absolute Gasteiger partial charge is 0.353 e. The predicted molar refractivity (Wildman–Crippen MR) is 126 cm³/mol. The van der Waals surface area contributed by atoms with Crippen molar-refractivity contribution in [3.63, 3.8) is 0 Å². The maximum Gasteiger partial charge on any atom is 0.270 e. The number of rotatable bonds is 6. The average Bonchev–Trinajstić information content (AvgIpc) is 2.80. The molecule has 2 heterocycles. The predicted octanol–water partition coefficient (Wildman–Crippen LogP) is 3.26. The van der Waals surface area contributed by atoms with Crippen LogP contribution in [0, 0.1) is 10.1 Å². The van der Waals surface area contributed by atoms with Crippen molar-refractivity contribution in [2.45, 2.75) is 4.90 Å². The fourth-order valence-corrected chi connectivity index (χ4v) is 4.99. The van der Waals surface area contributed by atoms with Crippen molar-refractivity contribution in [3.05, 3.63) is 69.7 Å². The van der Waals surface area contributed by atoms with E-state index in [0.29, 0.717) is 5.69 Å². The van der Waals surface area contributed by atoms with E-state index < -0.39 is 14.9 Å². The van der Waals surface area contributed by atoms with Crippen LogP contribution < -0.4 is 9.62 Å². The van der Waals surface area contributed by atoms with Crippen molar-refractivity contribution >= 4 is 38.8 Å². The van der Waals surface area contributed by atoms with Crippen LogP contribution >= 0.6 is 11.6 Å². The van der Waals surface area contributed by atoms with Crippen molar-refractivity contribution < 1.29 is 13.3 Å². The van der Waals surface area contributed by atoms with Gasteiger partial charge in [-0.1, -0.05) is 23.7 Å². The molecule has 2 aromatic carbocycles. The average molecular weight is 489 g/mol. The number of nitrogens with one attached hydrogen (secondary N) is 1. The number of halogens is 1. The van der Waals surface area contributed by atoms with Crippen molar-refractivity contribution in [1.82, 2.24) is 15.1 Å². The fraction of sp³-hybridized carbons (Fsp3) is 0.238. The van der Waals surface area contributed by atoms with Crippen molar-refractivity contribution in [2.24, 2.45) is 0 Å². The fourth-order valence-electron chi connectivity index (χ4n) is 3.41. The number of hydrogen-bond acceptors (Lipinski definition) is 8. The van der Waals surface area contributed by atoms with Gasteiger partial charge in [-0.3, -0.25) is 14.8 Å². The van der Waals surface area contributed by atoms with Gasteiger partial charge in [-0.05, 0) is 37.4 Å². The standard InChI is InChI=1S/C21H21ClN6O4S/c1-26-10-12-27(13-11-26)21-9-8-19(23-24-21)15-2-4-16(5-3-15)25-33(31,32)20-14-17(28(29)30)6-7-18(20)22/h2-9,14,25H,10-13H2,1H3. The minimum atomic E-state index is -4.12. The van der Waals surface area contributed by atoms with Crippen LogP contribution in [0.2, 0.25) is 5.02 Å². The summed E-state index contributed by atoms with van der Waals surface area (Å²) in [7, 11) is -2.03. The molecule has 4 rings (SSSR count). The Morgan fingerprint density at radius 1 is 1.00 bits per heavy atom. The lowest BCUT2D eigenvalue weighted by Gasteiger charge is -2.32. The minimum absolute atomic E-state index is 0.111. The van der Waals surface area contributed by atoms with Gasteiger partial charge in [-0.15, -0.1) is 10.2 Å². The van der Waals surface area contributed by atoms with E-state index in [4.69, 9.17) is 11.6 Å². The Morgan fingerprint density at radius 2 is 1.70 bits per heavy atom. The number of likely N-dealkylation sites (N-methyl/N-ethyl adjacent to an activating group) is 1. The number of benzene rings is 2. The normalized spacial score (nSPS) is 14.8. The summed E-state index contributed by atoms with van der Waals surface area (Å²) >= 11 is 5.97. The maximum atomic E-state index is 12.7. The van der Waals surface area contributed by atoms with Crippen LogP contribution in [0.4, 0.5) is 17.2 Å². The molecule has 0 bridgehead atoms. The number of nitro benzene ring substituents is 1. The molecule has 0 unspecified atom stereocenters. The molecule has 0 saturated carbocycles. The third-order valence-electron chi connectivity index (χ3n) is 5.33. The minimum Gasteiger partial charge on any atom is -0.353 e. The number of hydrogen-bond donors (Lipinski definition) is 1. The molecule has 1 fully saturated rings. The van der Waals surface area contributed by atoms with Gasteiger partial charge in [0.05, 0.1) is 15.6 Å². The van der Waals surface area contributed by atoms with E-state index in [1.54, 1.807) is 24.3 Å². The number of nitrogens with zero attached hydrogens (tertiary/aromatic N) is 5. The topological polar surface area (TPSA) is 122 Å². The van der Waals surface area contributed by atoms with Gasteiger partial charge in [0.1, 0.15) is 4.90 Å². The Bertz CT molecular complexity index is 1260. The van der Waals surface area contributed by atoms with E-state index in [2.05, 4.69) is 31.8 Å². The molecule has 12 heteroatoms. The SMILES string of the molecule is CN1CCN(c2ccc(-c3ccc(NS(=O)(=O)c4cc([N+](=O)[O-])ccc4Cl)cc3)nn2)CC1. The lowest BCUT2D eigenvalue weighted by molar-refractivity contribution is -0.385. The van der Waals surface area contributed by atoms with Crippen LogP contribution in [-0.4, -0.2) is 61.7 Å². The lowest BCUT2D eigenvalue weighted by Crippen LogP contribution is -2.44. The Hall–Kier alpha value is -3.28. The zero-order valence-electron chi connectivity index (χ0n) is 17.7. The first-order valence-corrected chi connectivity index (χ1v) is 11.9. The molecule has 1 N–H and O–H groups in total. The molecule has 1 aliphatic heterocycles. The van der Waals surface area contributed by atoms with Gasteiger partial charge >= 0.3 is 0 Å². The molecule has 3 aromatic rings. The number of piperazine rings is 1. The smallest absolute Gasteiger partial charge is 0.270 e. The molecule has 10 nitrogen and oxygen atoms in total. The zero-order valence-corrected chi connectivity index (χ0v) is 19.3. The Balaban J connectivity index is 1.48. The summed E-state index contributed by atoms with van der Waals surface area (Å²) in [6.07, 6.45) is 0. The van der Waals surface area contributed by atoms with Crippen LogP contribution in [-0.2, 0) is 10.0 Å². The highest BCUT2D eigenvalue weighted by Gasteiger charge is 2.22. The van der Waals surface area contributed by atoms with Crippen LogP contribution in [0.5, 0.6) is 0 Å². The first-order valence-electron chi connectivity index (χ1n) is 10.1. The van der Waals surface area contributed by atoms with Gasteiger partial charge in [0.15, 0.2) is 5.82 Å². The highest BCUT2D eigenvalue weighted by molar-refractivity contribution is 7.92. The quantitative estimate of drug-likeness (QED) is 0.414. The molecule has 172 valence electrons. The second-order valence-corrected chi connectivity index (χ2v) is 9.68. The molecule has 1 aromatic heterocycles. The first-order chi connectivity index (χ1) is 15.7. The molecule has 0 spiro atoms. The zero-order chi connectivity index (χ0) is 23.6. The molecule has 0 amide bonds. The molecule has 0 atom stereocenters.